The summed E-state index contributed by atoms with van der Waals surface area (Å²) in [7, 11) is 1.42. The summed E-state index contributed by atoms with van der Waals surface area (Å²) in [6.07, 6.45) is 0. The monoisotopic (exact) mass is 329 g/mol. The van der Waals surface area contributed by atoms with Crippen LogP contribution in [0.4, 0.5) is 5.69 Å². The van der Waals surface area contributed by atoms with Gasteiger partial charge in [-0.2, -0.15) is 0 Å². The first-order valence-corrected chi connectivity index (χ1v) is 10.4. The van der Waals surface area contributed by atoms with Crippen molar-refractivity contribution in [2.24, 2.45) is 10.7 Å². The zero-order valence-corrected chi connectivity index (χ0v) is 15.2. The fourth-order valence-electron chi connectivity index (χ4n) is 1.63. The van der Waals surface area contributed by atoms with Crippen LogP contribution in [0.3, 0.4) is 0 Å². The molecule has 1 atom stereocenters. The Kier molecular flexibility index (Phi) is 7.53. The van der Waals surface area contributed by atoms with Gasteiger partial charge in [0.1, 0.15) is 5.84 Å². The molecule has 118 valence electrons. The summed E-state index contributed by atoms with van der Waals surface area (Å²) in [5.41, 5.74) is 2.14. The van der Waals surface area contributed by atoms with Gasteiger partial charge in [0, 0.05) is 11.6 Å². The number of rotatable bonds is 6. The zero-order chi connectivity index (χ0) is 15.9. The standard InChI is InChI=1S/C15H26N2O2PS/c1-6-19-20(18,21-11-12(2)3)17-14(5)16-15-10-8-7-9-13(15)4/h7-10,12,18H,6,11H2,1-5H3,(H,16,17)/q+1. The smallest absolute Gasteiger partial charge is 0.344 e. The molecule has 0 radical (unpaired) electrons. The second kappa shape index (κ2) is 8.64. The fraction of sp³-hybridized carbons (Fsp3) is 0.533. The van der Waals surface area contributed by atoms with Crippen molar-refractivity contribution in [1.29, 1.82) is 0 Å². The third kappa shape index (κ3) is 6.70. The van der Waals surface area contributed by atoms with E-state index in [0.717, 1.165) is 17.0 Å². The van der Waals surface area contributed by atoms with Crippen LogP contribution in [0.2, 0.25) is 0 Å². The molecule has 1 rings (SSSR count). The predicted octanol–water partition coefficient (Wildman–Crippen LogP) is 4.27. The van der Waals surface area contributed by atoms with Crippen molar-refractivity contribution in [3.8, 4) is 0 Å². The second-order valence-electron chi connectivity index (χ2n) is 5.22. The van der Waals surface area contributed by atoms with Crippen LogP contribution in [0.1, 0.15) is 33.3 Å². The lowest BCUT2D eigenvalue weighted by molar-refractivity contribution is 0.327. The van der Waals surface area contributed by atoms with E-state index in [9.17, 15) is 4.89 Å². The molecule has 0 bridgehead atoms. The molecule has 0 heterocycles. The van der Waals surface area contributed by atoms with Gasteiger partial charge in [0.05, 0.1) is 6.61 Å². The number of benzene rings is 1. The molecule has 0 fully saturated rings. The Morgan fingerprint density at radius 3 is 2.67 bits per heavy atom. The average Bonchev–Trinajstić information content (AvgIpc) is 2.39. The van der Waals surface area contributed by atoms with Gasteiger partial charge in [0.2, 0.25) is 10.9 Å². The molecule has 4 nitrogen and oxygen atoms in total. The molecular formula is C15H26N2O2PS+. The minimum atomic E-state index is -2.79. The van der Waals surface area contributed by atoms with E-state index in [0.29, 0.717) is 18.4 Å². The van der Waals surface area contributed by atoms with Gasteiger partial charge in [-0.05, 0) is 32.4 Å². The molecule has 1 aromatic carbocycles. The number of hydrogen-bond donors (Lipinski definition) is 2. The van der Waals surface area contributed by atoms with E-state index >= 15 is 0 Å². The Morgan fingerprint density at radius 2 is 2.10 bits per heavy atom. The molecular weight excluding hydrogens is 303 g/mol. The third-order valence-corrected chi connectivity index (χ3v) is 6.93. The van der Waals surface area contributed by atoms with E-state index in [-0.39, 0.29) is 0 Å². The van der Waals surface area contributed by atoms with Crippen molar-refractivity contribution in [1.82, 2.24) is 0 Å². The van der Waals surface area contributed by atoms with Gasteiger partial charge in [-0.1, -0.05) is 32.0 Å². The lowest BCUT2D eigenvalue weighted by Gasteiger charge is -2.10. The zero-order valence-electron chi connectivity index (χ0n) is 13.5. The SMILES string of the molecule is CCOP(O)(N=C(C)Nc1ccccc1C)=[S+]CC(C)C. The normalized spacial score (nSPS) is 14.9. The van der Waals surface area contributed by atoms with Crippen LogP contribution in [0, 0.1) is 12.8 Å². The van der Waals surface area contributed by atoms with E-state index in [1.54, 1.807) is 0 Å². The summed E-state index contributed by atoms with van der Waals surface area (Å²) in [5, 5.41) is 3.24. The molecule has 1 unspecified atom stereocenters. The van der Waals surface area contributed by atoms with E-state index in [1.165, 1.54) is 10.9 Å². The van der Waals surface area contributed by atoms with E-state index < -0.39 is 6.64 Å². The fourth-order valence-corrected chi connectivity index (χ4v) is 5.64. The van der Waals surface area contributed by atoms with E-state index in [2.05, 4.69) is 23.9 Å². The highest BCUT2D eigenvalue weighted by Gasteiger charge is 2.28. The van der Waals surface area contributed by atoms with Crippen LogP contribution in [0.25, 0.3) is 0 Å². The first kappa shape index (κ1) is 18.3. The van der Waals surface area contributed by atoms with Crippen molar-refractivity contribution in [3.05, 3.63) is 29.8 Å². The summed E-state index contributed by atoms with van der Waals surface area (Å²) < 4.78 is 9.94. The van der Waals surface area contributed by atoms with Gasteiger partial charge in [0.15, 0.2) is 5.75 Å². The Morgan fingerprint density at radius 1 is 1.43 bits per heavy atom. The Labute approximate surface area is 131 Å². The topological polar surface area (TPSA) is 53.9 Å². The van der Waals surface area contributed by atoms with Crippen molar-refractivity contribution in [3.63, 3.8) is 0 Å². The van der Waals surface area contributed by atoms with Gasteiger partial charge >= 0.3 is 6.64 Å². The summed E-state index contributed by atoms with van der Waals surface area (Å²) in [6.45, 7) is 7.66. The molecule has 2 N–H and O–H groups in total. The first-order chi connectivity index (χ1) is 9.86. The van der Waals surface area contributed by atoms with Gasteiger partial charge in [-0.3, -0.25) is 9.42 Å². The van der Waals surface area contributed by atoms with Crippen LogP contribution in [0.5, 0.6) is 0 Å². The van der Waals surface area contributed by atoms with Gasteiger partial charge < -0.3 is 5.32 Å². The molecule has 0 spiro atoms. The van der Waals surface area contributed by atoms with Crippen molar-refractivity contribution in [2.75, 3.05) is 17.7 Å². The second-order valence-corrected chi connectivity index (χ2v) is 9.46. The number of nitrogens with one attached hydrogen (secondary N) is 1. The van der Waals surface area contributed by atoms with E-state index in [1.807, 2.05) is 45.0 Å². The van der Waals surface area contributed by atoms with Crippen molar-refractivity contribution in [2.45, 2.75) is 34.6 Å². The predicted molar refractivity (Wildman–Crippen MR) is 95.7 cm³/mol. The Bertz CT molecular complexity index is 544. The molecule has 0 saturated heterocycles. The quantitative estimate of drug-likeness (QED) is 0.355. The molecule has 0 saturated carbocycles. The number of hydrogen-bond acceptors (Lipinski definition) is 1. The maximum absolute atomic E-state index is 10.6. The number of anilines is 1. The third-order valence-electron chi connectivity index (χ3n) is 2.61. The minimum Gasteiger partial charge on any atom is -0.344 e. The average molecular weight is 329 g/mol. The van der Waals surface area contributed by atoms with Crippen LogP contribution in [-0.4, -0.2) is 23.1 Å². The van der Waals surface area contributed by atoms with Gasteiger partial charge in [0.25, 0.3) is 0 Å². The maximum Gasteiger partial charge on any atom is 0.500 e. The molecule has 0 aromatic heterocycles. The first-order valence-electron chi connectivity index (χ1n) is 7.16. The van der Waals surface area contributed by atoms with Gasteiger partial charge in [-0.25, -0.2) is 0 Å². The Balaban J connectivity index is 2.94. The van der Waals surface area contributed by atoms with Gasteiger partial charge in [-0.15, -0.1) is 4.76 Å². The highest BCUT2D eigenvalue weighted by Crippen LogP contribution is 2.46. The molecule has 0 amide bonds. The summed E-state index contributed by atoms with van der Waals surface area (Å²) in [4.78, 5) is 10.6. The number of nitrogens with zero attached hydrogens (tertiary/aromatic N) is 1. The maximum atomic E-state index is 10.6. The van der Waals surface area contributed by atoms with Crippen LogP contribution in [0.15, 0.2) is 29.0 Å². The number of amidine groups is 1. The van der Waals surface area contributed by atoms with Crippen LogP contribution >= 0.6 is 6.64 Å². The van der Waals surface area contributed by atoms with Crippen LogP contribution < -0.4 is 5.32 Å². The molecule has 1 aromatic rings. The van der Waals surface area contributed by atoms with Crippen molar-refractivity contribution >= 4 is 29.1 Å². The molecule has 6 heteroatoms. The van der Waals surface area contributed by atoms with E-state index in [4.69, 9.17) is 4.52 Å². The molecule has 0 aliphatic carbocycles. The lowest BCUT2D eigenvalue weighted by Crippen LogP contribution is -2.09. The summed E-state index contributed by atoms with van der Waals surface area (Å²) in [5.74, 6) is 1.98. The number of para-hydroxylation sites is 1. The largest absolute Gasteiger partial charge is 0.500 e. The van der Waals surface area contributed by atoms with Crippen molar-refractivity contribution < 1.29 is 9.42 Å². The summed E-state index contributed by atoms with van der Waals surface area (Å²) >= 11 is 0. The highest BCUT2D eigenvalue weighted by atomic mass is 32.5. The van der Waals surface area contributed by atoms with Crippen LogP contribution in [-0.2, 0) is 15.5 Å². The summed E-state index contributed by atoms with van der Waals surface area (Å²) in [6, 6.07) is 8.00. The Hall–Kier alpha value is -0.740. The highest BCUT2D eigenvalue weighted by molar-refractivity contribution is 8.18. The molecule has 21 heavy (non-hydrogen) atoms. The molecule has 0 aliphatic rings. The minimum absolute atomic E-state index is 0.455. The molecule has 0 aliphatic heterocycles. The lowest BCUT2D eigenvalue weighted by atomic mass is 10.2. The number of aryl methyl sites for hydroxylation is 1.